The molecule has 6 nitrogen and oxygen atoms in total. The molecule has 0 aliphatic carbocycles. The number of nitrogens with one attached hydrogen (secondary N) is 1. The molecule has 1 N–H and O–H groups in total. The van der Waals surface area contributed by atoms with Crippen LogP contribution in [0.1, 0.15) is 29.9 Å². The monoisotopic (exact) mass is 335 g/mol. The van der Waals surface area contributed by atoms with Crippen molar-refractivity contribution in [1.29, 1.82) is 0 Å². The SMILES string of the molecule is COc1cc(OC)c(NC(=O)c2cnn(CC(C)C)c2C)cc1F. The number of halogens is 1. The summed E-state index contributed by atoms with van der Waals surface area (Å²) in [5.41, 5.74) is 1.43. The van der Waals surface area contributed by atoms with Crippen molar-refractivity contribution in [1.82, 2.24) is 9.78 Å². The Morgan fingerprint density at radius 2 is 1.96 bits per heavy atom. The number of carbonyl (C=O) groups excluding carboxylic acids is 1. The molecule has 0 fully saturated rings. The highest BCUT2D eigenvalue weighted by Crippen LogP contribution is 2.32. The van der Waals surface area contributed by atoms with Crippen molar-refractivity contribution in [2.24, 2.45) is 5.92 Å². The maximum absolute atomic E-state index is 13.9. The summed E-state index contributed by atoms with van der Waals surface area (Å²) >= 11 is 0. The zero-order valence-electron chi connectivity index (χ0n) is 14.5. The summed E-state index contributed by atoms with van der Waals surface area (Å²) in [7, 11) is 2.80. The Hall–Kier alpha value is -2.57. The van der Waals surface area contributed by atoms with Gasteiger partial charge in [0.1, 0.15) is 5.75 Å². The highest BCUT2D eigenvalue weighted by Gasteiger charge is 2.18. The van der Waals surface area contributed by atoms with E-state index in [4.69, 9.17) is 9.47 Å². The molecule has 0 spiro atoms. The largest absolute Gasteiger partial charge is 0.494 e. The van der Waals surface area contributed by atoms with Crippen molar-refractivity contribution < 1.29 is 18.7 Å². The molecule has 0 bridgehead atoms. The standard InChI is InChI=1S/C17H22FN3O3/c1-10(2)9-21-11(3)12(8-19-21)17(22)20-14-6-13(18)15(23-4)7-16(14)24-5/h6-8,10H,9H2,1-5H3,(H,20,22). The van der Waals surface area contributed by atoms with E-state index in [-0.39, 0.29) is 17.3 Å². The molecule has 1 aromatic carbocycles. The second kappa shape index (κ2) is 7.33. The number of hydrogen-bond donors (Lipinski definition) is 1. The van der Waals surface area contributed by atoms with Gasteiger partial charge in [-0.25, -0.2) is 4.39 Å². The summed E-state index contributed by atoms with van der Waals surface area (Å²) in [5, 5.41) is 6.90. The van der Waals surface area contributed by atoms with Crippen LogP contribution in [0.2, 0.25) is 0 Å². The van der Waals surface area contributed by atoms with Crippen molar-refractivity contribution in [2.45, 2.75) is 27.3 Å². The Morgan fingerprint density at radius 1 is 1.29 bits per heavy atom. The van der Waals surface area contributed by atoms with Gasteiger partial charge >= 0.3 is 0 Å². The number of benzene rings is 1. The fourth-order valence-corrected chi connectivity index (χ4v) is 2.35. The van der Waals surface area contributed by atoms with Crippen LogP contribution in [0.15, 0.2) is 18.3 Å². The quantitative estimate of drug-likeness (QED) is 0.880. The minimum atomic E-state index is -0.583. The third-order valence-corrected chi connectivity index (χ3v) is 3.61. The van der Waals surface area contributed by atoms with E-state index in [0.717, 1.165) is 12.2 Å². The molecule has 24 heavy (non-hydrogen) atoms. The lowest BCUT2D eigenvalue weighted by atomic mass is 10.2. The van der Waals surface area contributed by atoms with Gasteiger partial charge in [-0.15, -0.1) is 0 Å². The van der Waals surface area contributed by atoms with E-state index >= 15 is 0 Å². The maximum atomic E-state index is 13.9. The first-order valence-electron chi connectivity index (χ1n) is 7.62. The summed E-state index contributed by atoms with van der Waals surface area (Å²) in [5.74, 6) is -0.180. The molecule has 0 unspecified atom stereocenters. The molecule has 0 atom stereocenters. The van der Waals surface area contributed by atoms with Crippen LogP contribution in [-0.4, -0.2) is 29.9 Å². The third-order valence-electron chi connectivity index (χ3n) is 3.61. The van der Waals surface area contributed by atoms with E-state index in [0.29, 0.717) is 17.2 Å². The highest BCUT2D eigenvalue weighted by molar-refractivity contribution is 6.05. The number of anilines is 1. The van der Waals surface area contributed by atoms with Crippen LogP contribution in [0, 0.1) is 18.7 Å². The molecule has 2 rings (SSSR count). The topological polar surface area (TPSA) is 65.4 Å². The number of hydrogen-bond acceptors (Lipinski definition) is 4. The van der Waals surface area contributed by atoms with Gasteiger partial charge in [0, 0.05) is 24.4 Å². The molecule has 2 aromatic rings. The Balaban J connectivity index is 2.27. The van der Waals surface area contributed by atoms with Crippen molar-refractivity contribution in [3.05, 3.63) is 35.4 Å². The van der Waals surface area contributed by atoms with Gasteiger partial charge in [0.2, 0.25) is 0 Å². The minimum absolute atomic E-state index is 0.0470. The van der Waals surface area contributed by atoms with E-state index in [2.05, 4.69) is 24.3 Å². The predicted octanol–water partition coefficient (Wildman–Crippen LogP) is 3.26. The zero-order valence-corrected chi connectivity index (χ0v) is 14.5. The number of aromatic nitrogens is 2. The molecule has 130 valence electrons. The van der Waals surface area contributed by atoms with Crippen LogP contribution < -0.4 is 14.8 Å². The van der Waals surface area contributed by atoms with Crippen LogP contribution in [0.25, 0.3) is 0 Å². The van der Waals surface area contributed by atoms with Gasteiger partial charge in [-0.1, -0.05) is 13.8 Å². The van der Waals surface area contributed by atoms with Crippen LogP contribution in [-0.2, 0) is 6.54 Å². The predicted molar refractivity (Wildman–Crippen MR) is 89.3 cm³/mol. The molecular weight excluding hydrogens is 313 g/mol. The molecule has 1 amide bonds. The van der Waals surface area contributed by atoms with Crippen molar-refractivity contribution in [2.75, 3.05) is 19.5 Å². The smallest absolute Gasteiger partial charge is 0.259 e. The van der Waals surface area contributed by atoms with Crippen LogP contribution in [0.5, 0.6) is 11.5 Å². The Kier molecular flexibility index (Phi) is 5.43. The third kappa shape index (κ3) is 3.67. The van der Waals surface area contributed by atoms with Gasteiger partial charge in [-0.05, 0) is 12.8 Å². The van der Waals surface area contributed by atoms with Gasteiger partial charge in [0.15, 0.2) is 11.6 Å². The Morgan fingerprint density at radius 3 is 2.54 bits per heavy atom. The average molecular weight is 335 g/mol. The molecule has 0 aliphatic rings. The van der Waals surface area contributed by atoms with E-state index in [1.54, 1.807) is 4.68 Å². The lowest BCUT2D eigenvalue weighted by Crippen LogP contribution is -2.15. The van der Waals surface area contributed by atoms with Crippen LogP contribution in [0.3, 0.4) is 0 Å². The maximum Gasteiger partial charge on any atom is 0.259 e. The van der Waals surface area contributed by atoms with Gasteiger partial charge in [-0.3, -0.25) is 9.48 Å². The first-order valence-corrected chi connectivity index (χ1v) is 7.62. The van der Waals surface area contributed by atoms with Gasteiger partial charge < -0.3 is 14.8 Å². The zero-order chi connectivity index (χ0) is 17.9. The van der Waals surface area contributed by atoms with Crippen molar-refractivity contribution in [3.8, 4) is 11.5 Å². The fraction of sp³-hybridized carbons (Fsp3) is 0.412. The molecule has 0 saturated carbocycles. The van der Waals surface area contributed by atoms with Gasteiger partial charge in [-0.2, -0.15) is 5.10 Å². The Labute approximate surface area is 140 Å². The van der Waals surface area contributed by atoms with E-state index in [9.17, 15) is 9.18 Å². The van der Waals surface area contributed by atoms with E-state index in [1.165, 1.54) is 32.5 Å². The molecular formula is C17H22FN3O3. The molecule has 0 radical (unpaired) electrons. The second-order valence-electron chi connectivity index (χ2n) is 5.86. The van der Waals surface area contributed by atoms with Crippen molar-refractivity contribution in [3.63, 3.8) is 0 Å². The molecule has 7 heteroatoms. The summed E-state index contributed by atoms with van der Waals surface area (Å²) in [6.07, 6.45) is 1.51. The van der Waals surface area contributed by atoms with Crippen molar-refractivity contribution >= 4 is 11.6 Å². The van der Waals surface area contributed by atoms with Crippen LogP contribution >= 0.6 is 0 Å². The first kappa shape index (κ1) is 17.8. The van der Waals surface area contributed by atoms with Crippen LogP contribution in [0.4, 0.5) is 10.1 Å². The van der Waals surface area contributed by atoms with Gasteiger partial charge in [0.25, 0.3) is 5.91 Å². The first-order chi connectivity index (χ1) is 11.4. The highest BCUT2D eigenvalue weighted by atomic mass is 19.1. The number of ether oxygens (including phenoxy) is 2. The fourth-order valence-electron chi connectivity index (χ4n) is 2.35. The minimum Gasteiger partial charge on any atom is -0.494 e. The molecule has 0 saturated heterocycles. The summed E-state index contributed by atoms with van der Waals surface area (Å²) in [6, 6.07) is 2.56. The summed E-state index contributed by atoms with van der Waals surface area (Å²) < 4.78 is 25.8. The van der Waals surface area contributed by atoms with E-state index in [1.807, 2.05) is 6.92 Å². The average Bonchev–Trinajstić information content (AvgIpc) is 2.88. The summed E-state index contributed by atoms with van der Waals surface area (Å²) in [6.45, 7) is 6.70. The second-order valence-corrected chi connectivity index (χ2v) is 5.86. The molecule has 0 aliphatic heterocycles. The van der Waals surface area contributed by atoms with Gasteiger partial charge in [0.05, 0.1) is 31.7 Å². The number of nitrogens with zero attached hydrogens (tertiary/aromatic N) is 2. The molecule has 1 heterocycles. The van der Waals surface area contributed by atoms with E-state index < -0.39 is 5.82 Å². The number of rotatable bonds is 6. The lowest BCUT2D eigenvalue weighted by Gasteiger charge is -2.12. The number of methoxy groups -OCH3 is 2. The Bertz CT molecular complexity index is 741. The lowest BCUT2D eigenvalue weighted by molar-refractivity contribution is 0.102. The molecule has 1 aromatic heterocycles. The normalized spacial score (nSPS) is 10.8. The number of amides is 1. The summed E-state index contributed by atoms with van der Waals surface area (Å²) in [4.78, 5) is 12.5. The number of carbonyl (C=O) groups is 1.